The number of nitrogens with one attached hydrogen (secondary N) is 1. The third-order valence-electron chi connectivity index (χ3n) is 2.57. The molecule has 20 heavy (non-hydrogen) atoms. The second-order valence-electron chi connectivity index (χ2n) is 4.17. The molecule has 0 atom stereocenters. The van der Waals surface area contributed by atoms with E-state index in [2.05, 4.69) is 4.72 Å². The summed E-state index contributed by atoms with van der Waals surface area (Å²) in [5, 5.41) is 0.805. The molecule has 106 valence electrons. The quantitative estimate of drug-likeness (QED) is 0.553. The van der Waals surface area contributed by atoms with Gasteiger partial charge in [0, 0.05) is 0 Å². The van der Waals surface area contributed by atoms with E-state index in [1.807, 2.05) is 29.5 Å². The van der Waals surface area contributed by atoms with Crippen molar-refractivity contribution in [1.29, 1.82) is 0 Å². The molecule has 0 saturated carbocycles. The van der Waals surface area contributed by atoms with E-state index in [-0.39, 0.29) is 4.90 Å². The Hall–Kier alpha value is -0.500. The summed E-state index contributed by atoms with van der Waals surface area (Å²) in [5.41, 5.74) is 1.32. The second-order valence-corrected chi connectivity index (χ2v) is 7.75. The van der Waals surface area contributed by atoms with Gasteiger partial charge < -0.3 is 0 Å². The maximum atomic E-state index is 12.2. The molecule has 0 aliphatic heterocycles. The highest BCUT2D eigenvalue weighted by Crippen LogP contribution is 2.31. The van der Waals surface area contributed by atoms with Crippen LogP contribution in [0.5, 0.6) is 0 Å². The van der Waals surface area contributed by atoms with Crippen molar-refractivity contribution in [2.75, 3.05) is 4.72 Å². The molecule has 0 aliphatic carbocycles. The Morgan fingerprint density at radius 1 is 1.05 bits per heavy atom. The van der Waals surface area contributed by atoms with Crippen molar-refractivity contribution in [3.63, 3.8) is 0 Å². The van der Waals surface area contributed by atoms with E-state index in [1.165, 1.54) is 12.1 Å². The van der Waals surface area contributed by atoms with Crippen LogP contribution in [0.15, 0.2) is 41.3 Å². The number of hydrogen-bond donors (Lipinski definition) is 1. The highest BCUT2D eigenvalue weighted by atomic mass is 127. The zero-order valence-electron chi connectivity index (χ0n) is 10.3. The number of hydrogen-bond acceptors (Lipinski definition) is 2. The first-order chi connectivity index (χ1) is 9.29. The third-order valence-corrected chi connectivity index (χ3v) is 6.36. The van der Waals surface area contributed by atoms with Gasteiger partial charge in [-0.2, -0.15) is 0 Å². The summed E-state index contributed by atoms with van der Waals surface area (Å²) in [6, 6.07) is 9.63. The van der Waals surface area contributed by atoms with Crippen LogP contribution in [-0.4, -0.2) is 8.42 Å². The van der Waals surface area contributed by atoms with Gasteiger partial charge in [-0.3, -0.25) is 4.72 Å². The fourth-order valence-electron chi connectivity index (χ4n) is 1.55. The van der Waals surface area contributed by atoms with Gasteiger partial charge in [0.2, 0.25) is 0 Å². The van der Waals surface area contributed by atoms with Crippen LogP contribution in [0, 0.1) is 10.5 Å². The van der Waals surface area contributed by atoms with E-state index in [4.69, 9.17) is 23.2 Å². The van der Waals surface area contributed by atoms with Gasteiger partial charge in [0.25, 0.3) is 10.0 Å². The molecule has 0 fully saturated rings. The number of rotatable bonds is 3. The number of halogens is 3. The van der Waals surface area contributed by atoms with Crippen LogP contribution in [-0.2, 0) is 10.0 Å². The van der Waals surface area contributed by atoms with Crippen LogP contribution in [0.4, 0.5) is 5.69 Å². The molecule has 2 aromatic carbocycles. The maximum Gasteiger partial charge on any atom is 0.261 e. The molecule has 0 amide bonds. The van der Waals surface area contributed by atoms with E-state index in [0.29, 0.717) is 19.3 Å². The van der Waals surface area contributed by atoms with Crippen molar-refractivity contribution in [3.05, 3.63) is 55.6 Å². The van der Waals surface area contributed by atoms with Gasteiger partial charge in [-0.1, -0.05) is 40.9 Å². The Kier molecular flexibility index (Phi) is 4.84. The Morgan fingerprint density at radius 3 is 2.05 bits per heavy atom. The van der Waals surface area contributed by atoms with Crippen molar-refractivity contribution in [2.24, 2.45) is 0 Å². The minimum Gasteiger partial charge on any atom is -0.280 e. The van der Waals surface area contributed by atoms with E-state index in [0.717, 1.165) is 5.56 Å². The van der Waals surface area contributed by atoms with Gasteiger partial charge in [-0.05, 0) is 53.8 Å². The van der Waals surface area contributed by atoms with Gasteiger partial charge in [0.15, 0.2) is 0 Å². The average Bonchev–Trinajstić information content (AvgIpc) is 2.36. The molecular formula is C13H10Cl2INO2S. The normalized spacial score (nSPS) is 11.4. The number of aryl methyl sites for hydroxylation is 1. The minimum absolute atomic E-state index is 0.189. The van der Waals surface area contributed by atoms with E-state index in [9.17, 15) is 8.42 Å². The van der Waals surface area contributed by atoms with Gasteiger partial charge in [0.1, 0.15) is 0 Å². The summed E-state index contributed by atoms with van der Waals surface area (Å²) < 4.78 is 27.6. The van der Waals surface area contributed by atoms with Crippen LogP contribution < -0.4 is 4.72 Å². The monoisotopic (exact) mass is 441 g/mol. The van der Waals surface area contributed by atoms with E-state index in [1.54, 1.807) is 24.3 Å². The smallest absolute Gasteiger partial charge is 0.261 e. The predicted molar refractivity (Wildman–Crippen MR) is 91.2 cm³/mol. The summed E-state index contributed by atoms with van der Waals surface area (Å²) in [5.74, 6) is 0. The third kappa shape index (κ3) is 3.58. The Bertz CT molecular complexity index is 722. The average molecular weight is 442 g/mol. The van der Waals surface area contributed by atoms with Gasteiger partial charge in [0.05, 0.1) is 24.2 Å². The van der Waals surface area contributed by atoms with Crippen LogP contribution in [0.1, 0.15) is 5.56 Å². The molecule has 2 aromatic rings. The molecule has 1 N–H and O–H groups in total. The predicted octanol–water partition coefficient (Wildman–Crippen LogP) is 4.71. The molecule has 0 spiro atoms. The highest BCUT2D eigenvalue weighted by molar-refractivity contribution is 14.1. The lowest BCUT2D eigenvalue weighted by molar-refractivity contribution is 0.601. The summed E-state index contributed by atoms with van der Waals surface area (Å²) in [6.07, 6.45) is 0. The minimum atomic E-state index is -3.65. The molecule has 2 rings (SSSR count). The summed E-state index contributed by atoms with van der Waals surface area (Å²) >= 11 is 14.0. The summed E-state index contributed by atoms with van der Waals surface area (Å²) in [6.45, 7) is 1.89. The maximum absolute atomic E-state index is 12.2. The first-order valence-corrected chi connectivity index (χ1v) is 8.85. The fraction of sp³-hybridized carbons (Fsp3) is 0.0769. The van der Waals surface area contributed by atoms with Crippen molar-refractivity contribution >= 4 is 61.5 Å². The Balaban J connectivity index is 2.36. The Morgan fingerprint density at radius 2 is 1.55 bits per heavy atom. The number of benzene rings is 2. The summed E-state index contributed by atoms with van der Waals surface area (Å²) in [7, 11) is -3.65. The van der Waals surface area contributed by atoms with Gasteiger partial charge in [-0.15, -0.1) is 0 Å². The molecule has 0 bridgehead atoms. The van der Waals surface area contributed by atoms with Gasteiger partial charge in [-0.25, -0.2) is 8.42 Å². The molecule has 0 saturated heterocycles. The fourth-order valence-corrected chi connectivity index (χ4v) is 3.38. The van der Waals surface area contributed by atoms with Crippen LogP contribution in [0.25, 0.3) is 0 Å². The first-order valence-electron chi connectivity index (χ1n) is 5.53. The lowest BCUT2D eigenvalue weighted by atomic mass is 10.2. The molecule has 0 aliphatic rings. The van der Waals surface area contributed by atoms with Crippen molar-refractivity contribution < 1.29 is 8.42 Å². The zero-order chi connectivity index (χ0) is 14.9. The zero-order valence-corrected chi connectivity index (χ0v) is 14.8. The van der Waals surface area contributed by atoms with Crippen molar-refractivity contribution in [2.45, 2.75) is 11.8 Å². The molecule has 3 nitrogen and oxygen atoms in total. The SMILES string of the molecule is Cc1ccc(S(=O)(=O)Nc2cc(Cl)c(I)c(Cl)c2)cc1. The van der Waals surface area contributed by atoms with Crippen LogP contribution in [0.3, 0.4) is 0 Å². The standard InChI is InChI=1S/C13H10Cl2INO2S/c1-8-2-4-10(5-3-8)20(18,19)17-9-6-11(14)13(16)12(15)7-9/h2-7,17H,1H3. The lowest BCUT2D eigenvalue weighted by Gasteiger charge is -2.10. The van der Waals surface area contributed by atoms with Crippen LogP contribution >= 0.6 is 45.8 Å². The number of anilines is 1. The largest absolute Gasteiger partial charge is 0.280 e. The summed E-state index contributed by atoms with van der Waals surface area (Å²) in [4.78, 5) is 0.189. The molecular weight excluding hydrogens is 432 g/mol. The van der Waals surface area contributed by atoms with Crippen molar-refractivity contribution in [1.82, 2.24) is 0 Å². The van der Waals surface area contributed by atoms with E-state index >= 15 is 0 Å². The highest BCUT2D eigenvalue weighted by Gasteiger charge is 2.15. The molecule has 0 radical (unpaired) electrons. The van der Waals surface area contributed by atoms with Crippen LogP contribution in [0.2, 0.25) is 10.0 Å². The molecule has 0 unspecified atom stereocenters. The number of sulfonamides is 1. The van der Waals surface area contributed by atoms with Gasteiger partial charge >= 0.3 is 0 Å². The lowest BCUT2D eigenvalue weighted by Crippen LogP contribution is -2.13. The second kappa shape index (κ2) is 6.09. The molecule has 0 aromatic heterocycles. The molecule has 7 heteroatoms. The Labute approximate surface area is 141 Å². The van der Waals surface area contributed by atoms with Crippen molar-refractivity contribution in [3.8, 4) is 0 Å². The topological polar surface area (TPSA) is 46.2 Å². The van der Waals surface area contributed by atoms with E-state index < -0.39 is 10.0 Å². The first kappa shape index (κ1) is 15.9. The molecule has 0 heterocycles.